The van der Waals surface area contributed by atoms with Crippen molar-refractivity contribution >= 4 is 15.8 Å². The van der Waals surface area contributed by atoms with Gasteiger partial charge < -0.3 is 11.1 Å². The van der Waals surface area contributed by atoms with E-state index < -0.39 is 14.6 Å². The average Bonchev–Trinajstić information content (AvgIpc) is 2.24. The second-order valence-electron chi connectivity index (χ2n) is 6.60. The van der Waals surface area contributed by atoms with Gasteiger partial charge in [-0.1, -0.05) is 26.7 Å². The predicted octanol–water partition coefficient (Wildman–Crippen LogP) is 1.93. The number of hydrogen-bond donors (Lipinski definition) is 2. The molecule has 0 aromatic rings. The predicted molar refractivity (Wildman–Crippen MR) is 86.7 cm³/mol. The Morgan fingerprint density at radius 2 is 1.80 bits per heavy atom. The van der Waals surface area contributed by atoms with E-state index in [1.807, 2.05) is 0 Å². The lowest BCUT2D eigenvalue weighted by Crippen LogP contribution is -2.41. The number of nitrogens with one attached hydrogen (secondary N) is 1. The van der Waals surface area contributed by atoms with E-state index in [1.165, 1.54) is 12.7 Å². The second-order valence-corrected chi connectivity index (χ2v) is 9.25. The quantitative estimate of drug-likeness (QED) is 0.530. The number of aliphatic imine (C=N–C) groups is 1. The summed E-state index contributed by atoms with van der Waals surface area (Å²) in [5, 5.41) is 3.11. The van der Waals surface area contributed by atoms with Crippen LogP contribution < -0.4 is 11.1 Å². The molecule has 1 atom stereocenters. The van der Waals surface area contributed by atoms with Crippen LogP contribution in [0.4, 0.5) is 0 Å². The van der Waals surface area contributed by atoms with Gasteiger partial charge in [0.05, 0.1) is 11.3 Å². The highest BCUT2D eigenvalue weighted by Crippen LogP contribution is 2.15. The minimum atomic E-state index is -3.14. The molecule has 0 fully saturated rings. The number of rotatable bonds is 8. The lowest BCUT2D eigenvalue weighted by atomic mass is 10.0. The highest BCUT2D eigenvalue weighted by molar-refractivity contribution is 7.92. The first-order valence-corrected chi connectivity index (χ1v) is 9.11. The first-order valence-electron chi connectivity index (χ1n) is 7.21. The van der Waals surface area contributed by atoms with Gasteiger partial charge in [0.1, 0.15) is 0 Å². The van der Waals surface area contributed by atoms with Gasteiger partial charge >= 0.3 is 0 Å². The molecular weight excluding hydrogens is 274 g/mol. The molecule has 0 bridgehead atoms. The lowest BCUT2D eigenvalue weighted by molar-refractivity contribution is 0.493. The Bertz CT molecular complexity index is 414. The van der Waals surface area contributed by atoms with Crippen LogP contribution in [0.3, 0.4) is 0 Å². The van der Waals surface area contributed by atoms with Crippen molar-refractivity contribution in [3.63, 3.8) is 0 Å². The smallest absolute Gasteiger partial charge is 0.188 e. The molecule has 0 heterocycles. The Balaban J connectivity index is 4.27. The summed E-state index contributed by atoms with van der Waals surface area (Å²) in [5.74, 6) is 1.03. The molecule has 6 heteroatoms. The van der Waals surface area contributed by atoms with E-state index in [1.54, 1.807) is 13.8 Å². The minimum absolute atomic E-state index is 0.170. The number of nitrogens with two attached hydrogens (primary N) is 1. The third-order valence-corrected chi connectivity index (χ3v) is 5.58. The van der Waals surface area contributed by atoms with Gasteiger partial charge in [0.15, 0.2) is 15.8 Å². The fourth-order valence-electron chi connectivity index (χ4n) is 1.60. The van der Waals surface area contributed by atoms with Gasteiger partial charge in [-0.25, -0.2) is 8.42 Å². The van der Waals surface area contributed by atoms with Crippen molar-refractivity contribution in [1.29, 1.82) is 0 Å². The van der Waals surface area contributed by atoms with Crippen molar-refractivity contribution in [3.8, 4) is 0 Å². The molecule has 0 aliphatic rings. The summed E-state index contributed by atoms with van der Waals surface area (Å²) in [4.78, 5) is 4.15. The maximum absolute atomic E-state index is 11.6. The molecule has 120 valence electrons. The third-order valence-electron chi connectivity index (χ3n) is 3.45. The molecule has 0 spiro atoms. The van der Waals surface area contributed by atoms with E-state index in [0.717, 1.165) is 12.8 Å². The number of sulfone groups is 1. The van der Waals surface area contributed by atoms with Gasteiger partial charge in [0.25, 0.3) is 0 Å². The van der Waals surface area contributed by atoms with Gasteiger partial charge in [0.2, 0.25) is 0 Å². The van der Waals surface area contributed by atoms with Crippen molar-refractivity contribution < 1.29 is 8.42 Å². The van der Waals surface area contributed by atoms with Crippen LogP contribution in [0, 0.1) is 5.92 Å². The molecule has 20 heavy (non-hydrogen) atoms. The van der Waals surface area contributed by atoms with Gasteiger partial charge in [0, 0.05) is 12.3 Å². The summed E-state index contributed by atoms with van der Waals surface area (Å²) in [6.45, 7) is 9.96. The zero-order valence-corrected chi connectivity index (χ0v) is 14.5. The maximum atomic E-state index is 11.6. The summed E-state index contributed by atoms with van der Waals surface area (Å²) >= 11 is 0. The van der Waals surface area contributed by atoms with Gasteiger partial charge in [-0.15, -0.1) is 0 Å². The van der Waals surface area contributed by atoms with Crippen molar-refractivity contribution in [2.24, 2.45) is 16.6 Å². The van der Waals surface area contributed by atoms with E-state index in [0.29, 0.717) is 11.9 Å². The van der Waals surface area contributed by atoms with Crippen molar-refractivity contribution in [2.45, 2.75) is 64.7 Å². The number of guanidine groups is 1. The van der Waals surface area contributed by atoms with Crippen LogP contribution in [0.5, 0.6) is 0 Å². The summed E-state index contributed by atoms with van der Waals surface area (Å²) in [5.41, 5.74) is 5.80. The van der Waals surface area contributed by atoms with Gasteiger partial charge in [-0.2, -0.15) is 0 Å². The SMILES string of the molecule is CC(C)CCCC(C)NC(N)=NCC(C)(C)S(C)(=O)=O. The van der Waals surface area contributed by atoms with Crippen LogP contribution in [0.2, 0.25) is 0 Å². The molecule has 0 amide bonds. The van der Waals surface area contributed by atoms with Crippen LogP contribution in [-0.2, 0) is 9.84 Å². The van der Waals surface area contributed by atoms with Crippen molar-refractivity contribution in [1.82, 2.24) is 5.32 Å². The molecule has 5 nitrogen and oxygen atoms in total. The number of nitrogens with zero attached hydrogens (tertiary/aromatic N) is 1. The Morgan fingerprint density at radius 1 is 1.25 bits per heavy atom. The van der Waals surface area contributed by atoms with Crippen LogP contribution in [0.25, 0.3) is 0 Å². The number of hydrogen-bond acceptors (Lipinski definition) is 3. The molecule has 1 unspecified atom stereocenters. The minimum Gasteiger partial charge on any atom is -0.370 e. The molecular formula is C14H31N3O2S. The van der Waals surface area contributed by atoms with E-state index in [4.69, 9.17) is 5.73 Å². The average molecular weight is 305 g/mol. The Morgan fingerprint density at radius 3 is 2.25 bits per heavy atom. The standard InChI is InChI=1S/C14H31N3O2S/c1-11(2)8-7-9-12(3)17-13(15)16-10-14(4,5)20(6,18)19/h11-12H,7-10H2,1-6H3,(H3,15,16,17). The molecule has 0 aliphatic carbocycles. The first kappa shape index (κ1) is 19.2. The summed E-state index contributed by atoms with van der Waals surface area (Å²) in [7, 11) is -3.14. The molecule has 0 aromatic carbocycles. The topological polar surface area (TPSA) is 84.5 Å². The third kappa shape index (κ3) is 7.72. The summed E-state index contributed by atoms with van der Waals surface area (Å²) < 4.78 is 22.2. The van der Waals surface area contributed by atoms with Crippen molar-refractivity contribution in [2.75, 3.05) is 12.8 Å². The maximum Gasteiger partial charge on any atom is 0.188 e. The Hall–Kier alpha value is -0.780. The van der Waals surface area contributed by atoms with Gasteiger partial charge in [-0.05, 0) is 33.1 Å². The van der Waals surface area contributed by atoms with Gasteiger partial charge in [-0.3, -0.25) is 4.99 Å². The normalized spacial score (nSPS) is 15.4. The Kier molecular flexibility index (Phi) is 7.55. The van der Waals surface area contributed by atoms with Crippen LogP contribution in [0.15, 0.2) is 4.99 Å². The fraction of sp³-hybridized carbons (Fsp3) is 0.929. The van der Waals surface area contributed by atoms with E-state index in [2.05, 4.69) is 31.1 Å². The Labute approximate surface area is 124 Å². The second kappa shape index (κ2) is 7.86. The molecule has 3 N–H and O–H groups in total. The highest BCUT2D eigenvalue weighted by atomic mass is 32.2. The lowest BCUT2D eigenvalue weighted by Gasteiger charge is -2.21. The summed E-state index contributed by atoms with van der Waals surface area (Å²) in [6, 6.07) is 0.249. The molecule has 0 saturated heterocycles. The first-order chi connectivity index (χ1) is 8.95. The monoisotopic (exact) mass is 305 g/mol. The van der Waals surface area contributed by atoms with Crippen LogP contribution in [0.1, 0.15) is 53.9 Å². The van der Waals surface area contributed by atoms with E-state index >= 15 is 0 Å². The summed E-state index contributed by atoms with van der Waals surface area (Å²) in [6.07, 6.45) is 4.60. The molecule has 0 radical (unpaired) electrons. The molecule has 0 aliphatic heterocycles. The van der Waals surface area contributed by atoms with Crippen molar-refractivity contribution in [3.05, 3.63) is 0 Å². The van der Waals surface area contributed by atoms with Crippen LogP contribution in [-0.4, -0.2) is 38.0 Å². The largest absolute Gasteiger partial charge is 0.370 e. The zero-order valence-electron chi connectivity index (χ0n) is 13.7. The zero-order chi connectivity index (χ0) is 16.0. The fourth-order valence-corrected chi connectivity index (χ4v) is 1.89. The molecule has 0 saturated carbocycles. The van der Waals surface area contributed by atoms with E-state index in [-0.39, 0.29) is 12.6 Å². The highest BCUT2D eigenvalue weighted by Gasteiger charge is 2.29. The van der Waals surface area contributed by atoms with E-state index in [9.17, 15) is 8.42 Å². The van der Waals surface area contributed by atoms with Crippen LogP contribution >= 0.6 is 0 Å². The molecule has 0 aromatic heterocycles. The molecule has 0 rings (SSSR count).